The maximum atomic E-state index is 12.1. The van der Waals surface area contributed by atoms with Crippen LogP contribution in [-0.2, 0) is 9.59 Å². The quantitative estimate of drug-likeness (QED) is 0.256. The van der Waals surface area contributed by atoms with Crippen molar-refractivity contribution < 1.29 is 14.7 Å². The number of hydrogen-bond donors (Lipinski definition) is 3. The van der Waals surface area contributed by atoms with E-state index in [1.807, 2.05) is 13.8 Å². The van der Waals surface area contributed by atoms with Crippen LogP contribution in [0.5, 0.6) is 0 Å². The molecule has 0 fully saturated rings. The molecule has 2 unspecified atom stereocenters. The average Bonchev–Trinajstić information content (AvgIpc) is 2.67. The summed E-state index contributed by atoms with van der Waals surface area (Å²) in [6.07, 6.45) is 12.6. The Labute approximate surface area is 185 Å². The van der Waals surface area contributed by atoms with E-state index in [0.29, 0.717) is 32.5 Å². The third-order valence-electron chi connectivity index (χ3n) is 5.31. The maximum Gasteiger partial charge on any atom is 0.220 e. The molecule has 0 heterocycles. The molecule has 3 N–H and O–H groups in total. The lowest BCUT2D eigenvalue weighted by Gasteiger charge is -2.28. The standard InChI is InChI=1S/C24H49N3O3/c1-5-7-9-11-13-15-23(29)25-21(3)19-27(17-18-28)20-22(4)26-24(30)16-14-12-10-8-6-2/h21-22,28H,5-20H2,1-4H3,(H,25,29)(H,26,30). The molecule has 6 heteroatoms. The zero-order valence-electron chi connectivity index (χ0n) is 20.2. The summed E-state index contributed by atoms with van der Waals surface area (Å²) in [4.78, 5) is 26.4. The van der Waals surface area contributed by atoms with E-state index in [0.717, 1.165) is 25.7 Å². The molecule has 0 saturated heterocycles. The second-order valence-electron chi connectivity index (χ2n) is 8.75. The van der Waals surface area contributed by atoms with E-state index in [2.05, 4.69) is 29.4 Å². The van der Waals surface area contributed by atoms with Crippen molar-refractivity contribution in [2.75, 3.05) is 26.2 Å². The fraction of sp³-hybridized carbons (Fsp3) is 0.917. The van der Waals surface area contributed by atoms with Crippen LogP contribution in [0.3, 0.4) is 0 Å². The summed E-state index contributed by atoms with van der Waals surface area (Å²) in [5.74, 6) is 0.208. The van der Waals surface area contributed by atoms with Crippen molar-refractivity contribution >= 4 is 11.8 Å². The number of aliphatic hydroxyl groups excluding tert-OH is 1. The van der Waals surface area contributed by atoms with Crippen LogP contribution < -0.4 is 10.6 Å². The molecule has 2 amide bonds. The average molecular weight is 428 g/mol. The molecule has 0 bridgehead atoms. The van der Waals surface area contributed by atoms with Crippen LogP contribution in [0.2, 0.25) is 0 Å². The van der Waals surface area contributed by atoms with Crippen LogP contribution in [0, 0.1) is 0 Å². The molecule has 0 saturated carbocycles. The first kappa shape index (κ1) is 28.9. The van der Waals surface area contributed by atoms with Crippen molar-refractivity contribution in [1.29, 1.82) is 0 Å². The monoisotopic (exact) mass is 427 g/mol. The van der Waals surface area contributed by atoms with Crippen LogP contribution in [-0.4, -0.2) is 60.1 Å². The van der Waals surface area contributed by atoms with Gasteiger partial charge in [-0.2, -0.15) is 0 Å². The predicted octanol–water partition coefficient (Wildman–Crippen LogP) is 4.01. The molecule has 178 valence electrons. The van der Waals surface area contributed by atoms with E-state index in [9.17, 15) is 14.7 Å². The lowest BCUT2D eigenvalue weighted by molar-refractivity contribution is -0.122. The molecule has 6 nitrogen and oxygen atoms in total. The Morgan fingerprint density at radius 2 is 1.13 bits per heavy atom. The molecule has 0 aliphatic heterocycles. The zero-order chi connectivity index (χ0) is 22.6. The highest BCUT2D eigenvalue weighted by Crippen LogP contribution is 2.06. The predicted molar refractivity (Wildman–Crippen MR) is 125 cm³/mol. The van der Waals surface area contributed by atoms with E-state index in [-0.39, 0.29) is 30.5 Å². The highest BCUT2D eigenvalue weighted by Gasteiger charge is 2.16. The van der Waals surface area contributed by atoms with Crippen LogP contribution in [0.4, 0.5) is 0 Å². The van der Waals surface area contributed by atoms with Crippen molar-refractivity contribution in [3.05, 3.63) is 0 Å². The SMILES string of the molecule is CCCCCCCC(=O)NC(C)CN(CCO)CC(C)NC(=O)CCCCCCC. The number of hydrogen-bond acceptors (Lipinski definition) is 4. The Kier molecular flexibility index (Phi) is 19.0. The van der Waals surface area contributed by atoms with Crippen LogP contribution in [0.1, 0.15) is 105 Å². The number of aliphatic hydroxyl groups is 1. The van der Waals surface area contributed by atoms with E-state index < -0.39 is 0 Å². The van der Waals surface area contributed by atoms with Crippen LogP contribution >= 0.6 is 0 Å². The molecule has 0 spiro atoms. The Morgan fingerprint density at radius 1 is 0.733 bits per heavy atom. The summed E-state index contributed by atoms with van der Waals surface area (Å²) >= 11 is 0. The summed E-state index contributed by atoms with van der Waals surface area (Å²) in [6.45, 7) is 10.3. The zero-order valence-corrected chi connectivity index (χ0v) is 20.2. The first-order valence-corrected chi connectivity index (χ1v) is 12.3. The number of carbonyl (C=O) groups excluding carboxylic acids is 2. The summed E-state index contributed by atoms with van der Waals surface area (Å²) in [5.41, 5.74) is 0. The van der Waals surface area contributed by atoms with E-state index in [4.69, 9.17) is 0 Å². The number of carbonyl (C=O) groups is 2. The number of nitrogens with one attached hydrogen (secondary N) is 2. The maximum absolute atomic E-state index is 12.1. The molecule has 0 rings (SSSR count). The first-order chi connectivity index (χ1) is 14.4. The fourth-order valence-corrected chi connectivity index (χ4v) is 3.74. The summed E-state index contributed by atoms with van der Waals surface area (Å²) in [7, 11) is 0. The molecular formula is C24H49N3O3. The Hall–Kier alpha value is -1.14. The van der Waals surface area contributed by atoms with Crippen LogP contribution in [0.15, 0.2) is 0 Å². The van der Waals surface area contributed by atoms with Gasteiger partial charge in [0, 0.05) is 44.6 Å². The van der Waals surface area contributed by atoms with Gasteiger partial charge in [-0.25, -0.2) is 0 Å². The van der Waals surface area contributed by atoms with Crippen molar-refractivity contribution in [1.82, 2.24) is 15.5 Å². The summed E-state index contributed by atoms with van der Waals surface area (Å²) in [5, 5.41) is 15.5. The third-order valence-corrected chi connectivity index (χ3v) is 5.31. The minimum atomic E-state index is 0.0150. The van der Waals surface area contributed by atoms with Crippen molar-refractivity contribution in [3.63, 3.8) is 0 Å². The number of unbranched alkanes of at least 4 members (excludes halogenated alkanes) is 8. The molecule has 0 aromatic heterocycles. The number of rotatable bonds is 20. The molecule has 0 aromatic carbocycles. The molecule has 0 aliphatic carbocycles. The Bertz CT molecular complexity index is 396. The third kappa shape index (κ3) is 17.7. The summed E-state index contributed by atoms with van der Waals surface area (Å²) < 4.78 is 0. The van der Waals surface area contributed by atoms with Gasteiger partial charge >= 0.3 is 0 Å². The van der Waals surface area contributed by atoms with Gasteiger partial charge in [-0.3, -0.25) is 14.5 Å². The highest BCUT2D eigenvalue weighted by atomic mass is 16.3. The van der Waals surface area contributed by atoms with Gasteiger partial charge in [0.2, 0.25) is 11.8 Å². The Morgan fingerprint density at radius 3 is 1.50 bits per heavy atom. The van der Waals surface area contributed by atoms with E-state index >= 15 is 0 Å². The fourth-order valence-electron chi connectivity index (χ4n) is 3.74. The normalized spacial score (nSPS) is 13.3. The van der Waals surface area contributed by atoms with E-state index in [1.54, 1.807) is 0 Å². The van der Waals surface area contributed by atoms with Gasteiger partial charge in [-0.1, -0.05) is 65.2 Å². The largest absolute Gasteiger partial charge is 0.395 e. The molecular weight excluding hydrogens is 378 g/mol. The van der Waals surface area contributed by atoms with E-state index in [1.165, 1.54) is 38.5 Å². The molecule has 0 aromatic rings. The lowest BCUT2D eigenvalue weighted by atomic mass is 10.1. The van der Waals surface area contributed by atoms with Crippen molar-refractivity contribution in [2.24, 2.45) is 0 Å². The van der Waals surface area contributed by atoms with Gasteiger partial charge in [0.05, 0.1) is 6.61 Å². The van der Waals surface area contributed by atoms with Crippen LogP contribution in [0.25, 0.3) is 0 Å². The minimum absolute atomic E-state index is 0.0150. The molecule has 0 radical (unpaired) electrons. The smallest absolute Gasteiger partial charge is 0.220 e. The van der Waals surface area contributed by atoms with Gasteiger partial charge in [0.15, 0.2) is 0 Å². The highest BCUT2D eigenvalue weighted by molar-refractivity contribution is 5.76. The van der Waals surface area contributed by atoms with Crippen molar-refractivity contribution in [2.45, 2.75) is 117 Å². The molecule has 0 aliphatic rings. The van der Waals surface area contributed by atoms with Gasteiger partial charge in [-0.05, 0) is 26.7 Å². The van der Waals surface area contributed by atoms with Gasteiger partial charge < -0.3 is 15.7 Å². The second kappa shape index (κ2) is 19.8. The number of amides is 2. The molecule has 30 heavy (non-hydrogen) atoms. The number of nitrogens with zero attached hydrogens (tertiary/aromatic N) is 1. The lowest BCUT2D eigenvalue weighted by Crippen LogP contribution is -2.48. The first-order valence-electron chi connectivity index (χ1n) is 12.3. The second-order valence-corrected chi connectivity index (χ2v) is 8.75. The topological polar surface area (TPSA) is 81.7 Å². The van der Waals surface area contributed by atoms with Gasteiger partial charge in [0.25, 0.3) is 0 Å². The van der Waals surface area contributed by atoms with Gasteiger partial charge in [0.1, 0.15) is 0 Å². The molecule has 2 atom stereocenters. The van der Waals surface area contributed by atoms with Crippen molar-refractivity contribution in [3.8, 4) is 0 Å². The van der Waals surface area contributed by atoms with Gasteiger partial charge in [-0.15, -0.1) is 0 Å². The Balaban J connectivity index is 4.15. The summed E-state index contributed by atoms with van der Waals surface area (Å²) in [6, 6.07) is 0.0299. The minimum Gasteiger partial charge on any atom is -0.395 e.